The van der Waals surface area contributed by atoms with Gasteiger partial charge in [-0.2, -0.15) is 0 Å². The molecule has 2 atom stereocenters. The standard InChI is InChI=1S/C18H27NO2/c1-4-10-18(17(20)21)11-7-12-19(13-18)15(3)16-9-6-5-8-14(16)2/h5-6,8-9,15H,4,7,10-13H2,1-3H3,(H,20,21). The fourth-order valence-electron chi connectivity index (χ4n) is 3.71. The van der Waals surface area contributed by atoms with Crippen molar-refractivity contribution in [3.05, 3.63) is 35.4 Å². The molecule has 0 aliphatic carbocycles. The summed E-state index contributed by atoms with van der Waals surface area (Å²) in [4.78, 5) is 14.2. The van der Waals surface area contributed by atoms with Crippen molar-refractivity contribution >= 4 is 5.97 Å². The number of benzene rings is 1. The van der Waals surface area contributed by atoms with E-state index in [1.807, 2.05) is 0 Å². The van der Waals surface area contributed by atoms with Gasteiger partial charge >= 0.3 is 5.97 Å². The van der Waals surface area contributed by atoms with Crippen molar-refractivity contribution in [3.63, 3.8) is 0 Å². The van der Waals surface area contributed by atoms with E-state index >= 15 is 0 Å². The lowest BCUT2D eigenvalue weighted by Gasteiger charge is -2.43. The van der Waals surface area contributed by atoms with Crippen molar-refractivity contribution in [1.29, 1.82) is 0 Å². The van der Waals surface area contributed by atoms with E-state index in [0.29, 0.717) is 6.54 Å². The lowest BCUT2D eigenvalue weighted by molar-refractivity contribution is -0.154. The van der Waals surface area contributed by atoms with Gasteiger partial charge in [-0.15, -0.1) is 0 Å². The maximum Gasteiger partial charge on any atom is 0.310 e. The highest BCUT2D eigenvalue weighted by Gasteiger charge is 2.42. The number of aliphatic carboxylic acids is 1. The Labute approximate surface area is 128 Å². The van der Waals surface area contributed by atoms with E-state index < -0.39 is 11.4 Å². The quantitative estimate of drug-likeness (QED) is 0.890. The van der Waals surface area contributed by atoms with Crippen LogP contribution in [0.4, 0.5) is 0 Å². The number of rotatable bonds is 5. The molecule has 1 saturated heterocycles. The van der Waals surface area contributed by atoms with Crippen LogP contribution in [0.15, 0.2) is 24.3 Å². The molecule has 21 heavy (non-hydrogen) atoms. The van der Waals surface area contributed by atoms with E-state index in [4.69, 9.17) is 0 Å². The van der Waals surface area contributed by atoms with Crippen LogP contribution >= 0.6 is 0 Å². The highest BCUT2D eigenvalue weighted by molar-refractivity contribution is 5.75. The summed E-state index contributed by atoms with van der Waals surface area (Å²) in [5.41, 5.74) is 2.05. The molecule has 1 heterocycles. The molecule has 3 heteroatoms. The molecular weight excluding hydrogens is 262 g/mol. The lowest BCUT2D eigenvalue weighted by atomic mass is 9.75. The molecule has 0 amide bonds. The van der Waals surface area contributed by atoms with Crippen molar-refractivity contribution in [2.75, 3.05) is 13.1 Å². The Hall–Kier alpha value is -1.35. The fraction of sp³-hybridized carbons (Fsp3) is 0.611. The van der Waals surface area contributed by atoms with Gasteiger partial charge in [0.1, 0.15) is 0 Å². The van der Waals surface area contributed by atoms with Crippen LogP contribution in [-0.2, 0) is 4.79 Å². The number of carboxylic acids is 1. The van der Waals surface area contributed by atoms with Gasteiger partial charge in [-0.25, -0.2) is 0 Å². The summed E-state index contributed by atoms with van der Waals surface area (Å²) in [6.45, 7) is 8.08. The van der Waals surface area contributed by atoms with E-state index in [0.717, 1.165) is 32.2 Å². The van der Waals surface area contributed by atoms with E-state index in [2.05, 4.69) is 49.9 Å². The average Bonchev–Trinajstić information content (AvgIpc) is 2.47. The van der Waals surface area contributed by atoms with Crippen molar-refractivity contribution in [1.82, 2.24) is 4.90 Å². The van der Waals surface area contributed by atoms with Gasteiger partial charge in [0, 0.05) is 12.6 Å². The van der Waals surface area contributed by atoms with Gasteiger partial charge in [-0.1, -0.05) is 37.6 Å². The molecule has 1 aliphatic rings. The minimum Gasteiger partial charge on any atom is -0.481 e. The molecule has 1 aromatic carbocycles. The Kier molecular flexibility index (Phi) is 5.04. The number of likely N-dealkylation sites (tertiary alicyclic amines) is 1. The van der Waals surface area contributed by atoms with Crippen LogP contribution in [0, 0.1) is 12.3 Å². The van der Waals surface area contributed by atoms with Gasteiger partial charge < -0.3 is 5.11 Å². The Morgan fingerprint density at radius 2 is 2.14 bits per heavy atom. The van der Waals surface area contributed by atoms with Crippen LogP contribution in [0.2, 0.25) is 0 Å². The molecular formula is C18H27NO2. The van der Waals surface area contributed by atoms with Gasteiger partial charge in [-0.3, -0.25) is 9.69 Å². The Bertz CT molecular complexity index is 496. The van der Waals surface area contributed by atoms with Crippen molar-refractivity contribution < 1.29 is 9.90 Å². The number of hydrogen-bond donors (Lipinski definition) is 1. The van der Waals surface area contributed by atoms with Crippen molar-refractivity contribution in [2.45, 2.75) is 52.5 Å². The second kappa shape index (κ2) is 6.61. The van der Waals surface area contributed by atoms with Gasteiger partial charge in [0.2, 0.25) is 0 Å². The van der Waals surface area contributed by atoms with Crippen LogP contribution in [-0.4, -0.2) is 29.1 Å². The van der Waals surface area contributed by atoms with E-state index in [1.54, 1.807) is 0 Å². The molecule has 1 aromatic rings. The molecule has 1 fully saturated rings. The largest absolute Gasteiger partial charge is 0.481 e. The molecule has 1 aliphatic heterocycles. The molecule has 2 unspecified atom stereocenters. The van der Waals surface area contributed by atoms with E-state index in [9.17, 15) is 9.90 Å². The Morgan fingerprint density at radius 3 is 2.76 bits per heavy atom. The highest BCUT2D eigenvalue weighted by Crippen LogP contribution is 2.38. The molecule has 3 nitrogen and oxygen atoms in total. The molecule has 0 bridgehead atoms. The lowest BCUT2D eigenvalue weighted by Crippen LogP contribution is -2.48. The predicted octanol–water partition coefficient (Wildman–Crippen LogP) is 4.02. The summed E-state index contributed by atoms with van der Waals surface area (Å²) in [5, 5.41) is 9.72. The first-order chi connectivity index (χ1) is 10.00. The molecule has 2 rings (SSSR count). The number of aryl methyl sites for hydroxylation is 1. The molecule has 1 N–H and O–H groups in total. The van der Waals surface area contributed by atoms with Gasteiger partial charge in [0.15, 0.2) is 0 Å². The topological polar surface area (TPSA) is 40.5 Å². The van der Waals surface area contributed by atoms with Crippen LogP contribution < -0.4 is 0 Å². The third kappa shape index (κ3) is 3.29. The van der Waals surface area contributed by atoms with Gasteiger partial charge in [0.25, 0.3) is 0 Å². The summed E-state index contributed by atoms with van der Waals surface area (Å²) < 4.78 is 0. The number of carboxylic acid groups (broad SMARTS) is 1. The zero-order valence-electron chi connectivity index (χ0n) is 13.4. The molecule has 0 spiro atoms. The first-order valence-corrected chi connectivity index (χ1v) is 8.03. The number of nitrogens with zero attached hydrogens (tertiary/aromatic N) is 1. The highest BCUT2D eigenvalue weighted by atomic mass is 16.4. The number of carbonyl (C=O) groups is 1. The van der Waals surface area contributed by atoms with Gasteiger partial charge in [-0.05, 0) is 50.8 Å². The Morgan fingerprint density at radius 1 is 1.43 bits per heavy atom. The van der Waals surface area contributed by atoms with E-state index in [1.165, 1.54) is 11.1 Å². The third-order valence-electron chi connectivity index (χ3n) is 4.97. The predicted molar refractivity (Wildman–Crippen MR) is 85.4 cm³/mol. The van der Waals surface area contributed by atoms with Crippen LogP contribution in [0.25, 0.3) is 0 Å². The third-order valence-corrected chi connectivity index (χ3v) is 4.97. The number of hydrogen-bond acceptors (Lipinski definition) is 2. The maximum atomic E-state index is 11.8. The van der Waals surface area contributed by atoms with Crippen LogP contribution in [0.5, 0.6) is 0 Å². The maximum absolute atomic E-state index is 11.8. The molecule has 0 saturated carbocycles. The number of piperidine rings is 1. The minimum atomic E-state index is -0.619. The second-order valence-corrected chi connectivity index (χ2v) is 6.44. The summed E-state index contributed by atoms with van der Waals surface area (Å²) >= 11 is 0. The van der Waals surface area contributed by atoms with Crippen molar-refractivity contribution in [3.8, 4) is 0 Å². The van der Waals surface area contributed by atoms with Gasteiger partial charge in [0.05, 0.1) is 5.41 Å². The molecule has 116 valence electrons. The zero-order valence-corrected chi connectivity index (χ0v) is 13.4. The first-order valence-electron chi connectivity index (χ1n) is 8.03. The SMILES string of the molecule is CCCC1(C(=O)O)CCCN(C(C)c2ccccc2C)C1. The molecule has 0 aromatic heterocycles. The van der Waals surface area contributed by atoms with Crippen molar-refractivity contribution in [2.24, 2.45) is 5.41 Å². The fourth-order valence-corrected chi connectivity index (χ4v) is 3.71. The summed E-state index contributed by atoms with van der Waals surface area (Å²) in [7, 11) is 0. The summed E-state index contributed by atoms with van der Waals surface area (Å²) in [5.74, 6) is -0.619. The zero-order chi connectivity index (χ0) is 15.5. The second-order valence-electron chi connectivity index (χ2n) is 6.44. The normalized spacial score (nSPS) is 24.7. The molecule has 0 radical (unpaired) electrons. The first kappa shape index (κ1) is 16.0. The smallest absolute Gasteiger partial charge is 0.310 e. The summed E-state index contributed by atoms with van der Waals surface area (Å²) in [6, 6.07) is 8.70. The Balaban J connectivity index is 2.20. The average molecular weight is 289 g/mol. The van der Waals surface area contributed by atoms with E-state index in [-0.39, 0.29) is 6.04 Å². The van der Waals surface area contributed by atoms with Crippen LogP contribution in [0.1, 0.15) is 56.7 Å². The minimum absolute atomic E-state index is 0.280. The summed E-state index contributed by atoms with van der Waals surface area (Å²) in [6.07, 6.45) is 3.49. The van der Waals surface area contributed by atoms with Crippen LogP contribution in [0.3, 0.4) is 0 Å². The monoisotopic (exact) mass is 289 g/mol.